The van der Waals surface area contributed by atoms with E-state index < -0.39 is 17.5 Å². The first-order valence-electron chi connectivity index (χ1n) is 7.33. The van der Waals surface area contributed by atoms with Crippen LogP contribution in [0, 0.1) is 11.6 Å². The molecule has 3 rings (SSSR count). The Morgan fingerprint density at radius 2 is 1.84 bits per heavy atom. The molecule has 0 aliphatic carbocycles. The van der Waals surface area contributed by atoms with Crippen molar-refractivity contribution in [2.24, 2.45) is 0 Å². The van der Waals surface area contributed by atoms with Crippen molar-refractivity contribution in [2.45, 2.75) is 6.54 Å². The fraction of sp³-hybridized carbons (Fsp3) is 0.0588. The second-order valence-electron chi connectivity index (χ2n) is 5.08. The molecule has 1 amide bonds. The number of nitrogens with zero attached hydrogens (tertiary/aromatic N) is 3. The van der Waals surface area contributed by atoms with Crippen LogP contribution in [0.15, 0.2) is 55.1 Å². The van der Waals surface area contributed by atoms with Crippen LogP contribution in [0.5, 0.6) is 0 Å². The molecule has 6 nitrogen and oxygen atoms in total. The maximum absolute atomic E-state index is 13.6. The molecular formula is C17H13F2N5O. The molecule has 0 saturated heterocycles. The first kappa shape index (κ1) is 16.4. The molecule has 25 heavy (non-hydrogen) atoms. The first-order valence-corrected chi connectivity index (χ1v) is 7.33. The van der Waals surface area contributed by atoms with E-state index in [4.69, 9.17) is 0 Å². The van der Waals surface area contributed by atoms with Gasteiger partial charge in [0.05, 0.1) is 5.69 Å². The summed E-state index contributed by atoms with van der Waals surface area (Å²) in [6, 6.07) is 8.03. The van der Waals surface area contributed by atoms with E-state index in [-0.39, 0.29) is 11.4 Å². The number of anilines is 2. The van der Waals surface area contributed by atoms with Gasteiger partial charge in [0.2, 0.25) is 0 Å². The molecule has 3 aromatic rings. The zero-order valence-electron chi connectivity index (χ0n) is 12.9. The van der Waals surface area contributed by atoms with Crippen molar-refractivity contribution < 1.29 is 13.6 Å². The molecule has 0 radical (unpaired) electrons. The Bertz CT molecular complexity index is 889. The van der Waals surface area contributed by atoms with E-state index >= 15 is 0 Å². The highest BCUT2D eigenvalue weighted by Crippen LogP contribution is 2.16. The van der Waals surface area contributed by atoms with Crippen LogP contribution in [0.4, 0.5) is 20.3 Å². The minimum atomic E-state index is -0.863. The number of carbonyl (C=O) groups excluding carboxylic acids is 1. The Hall–Kier alpha value is -3.42. The van der Waals surface area contributed by atoms with E-state index in [1.807, 2.05) is 12.1 Å². The van der Waals surface area contributed by atoms with Crippen LogP contribution < -0.4 is 10.6 Å². The van der Waals surface area contributed by atoms with E-state index in [1.54, 1.807) is 12.4 Å². The Balaban J connectivity index is 1.69. The van der Waals surface area contributed by atoms with Crippen molar-refractivity contribution in [1.82, 2.24) is 15.0 Å². The van der Waals surface area contributed by atoms with E-state index in [1.165, 1.54) is 12.4 Å². The summed E-state index contributed by atoms with van der Waals surface area (Å²) >= 11 is 0. The van der Waals surface area contributed by atoms with Crippen molar-refractivity contribution in [1.29, 1.82) is 0 Å². The van der Waals surface area contributed by atoms with Gasteiger partial charge < -0.3 is 10.6 Å². The third kappa shape index (κ3) is 4.31. The van der Waals surface area contributed by atoms with Gasteiger partial charge in [0, 0.05) is 31.1 Å². The highest BCUT2D eigenvalue weighted by atomic mass is 19.1. The summed E-state index contributed by atoms with van der Waals surface area (Å²) in [5.74, 6) is -1.77. The second kappa shape index (κ2) is 7.43. The minimum absolute atomic E-state index is 0.0518. The summed E-state index contributed by atoms with van der Waals surface area (Å²) in [6.45, 7) is 0.493. The third-order valence-corrected chi connectivity index (χ3v) is 3.30. The summed E-state index contributed by atoms with van der Waals surface area (Å²) in [5.41, 5.74) is 0.917. The topological polar surface area (TPSA) is 79.8 Å². The van der Waals surface area contributed by atoms with Gasteiger partial charge in [0.1, 0.15) is 29.5 Å². The van der Waals surface area contributed by atoms with Gasteiger partial charge in [-0.15, -0.1) is 0 Å². The molecule has 1 aromatic carbocycles. The van der Waals surface area contributed by atoms with Crippen LogP contribution in [0.25, 0.3) is 0 Å². The fourth-order valence-electron chi connectivity index (χ4n) is 2.05. The molecule has 8 heteroatoms. The van der Waals surface area contributed by atoms with Crippen LogP contribution in [0.1, 0.15) is 16.1 Å². The summed E-state index contributed by atoms with van der Waals surface area (Å²) < 4.78 is 26.5. The number of carbonyl (C=O) groups is 1. The lowest BCUT2D eigenvalue weighted by Crippen LogP contribution is -2.15. The summed E-state index contributed by atoms with van der Waals surface area (Å²) in [5, 5.41) is 5.40. The maximum atomic E-state index is 13.6. The molecule has 2 aromatic heterocycles. The van der Waals surface area contributed by atoms with Gasteiger partial charge in [-0.05, 0) is 29.8 Å². The molecule has 0 aliphatic heterocycles. The zero-order valence-corrected chi connectivity index (χ0v) is 12.9. The van der Waals surface area contributed by atoms with Gasteiger partial charge in [-0.1, -0.05) is 0 Å². The molecule has 0 fully saturated rings. The summed E-state index contributed by atoms with van der Waals surface area (Å²) in [7, 11) is 0. The predicted molar refractivity (Wildman–Crippen MR) is 87.9 cm³/mol. The Labute approximate surface area is 142 Å². The van der Waals surface area contributed by atoms with E-state index in [2.05, 4.69) is 25.6 Å². The number of hydrogen-bond acceptors (Lipinski definition) is 5. The maximum Gasteiger partial charge on any atom is 0.274 e. The molecular weight excluding hydrogens is 328 g/mol. The smallest absolute Gasteiger partial charge is 0.274 e. The number of nitrogens with one attached hydrogen (secondary N) is 2. The van der Waals surface area contributed by atoms with Gasteiger partial charge in [0.25, 0.3) is 5.91 Å². The highest BCUT2D eigenvalue weighted by Gasteiger charge is 2.12. The van der Waals surface area contributed by atoms with Crippen molar-refractivity contribution >= 4 is 17.4 Å². The average Bonchev–Trinajstić information content (AvgIpc) is 2.63. The standard InChI is InChI=1S/C17H13F2N5O/c18-12-1-2-14(13(19)7-12)24-17(25)15-8-16(23-10-22-15)21-9-11-3-5-20-6-4-11/h1-8,10H,9H2,(H,24,25)(H,21,22,23). The van der Waals surface area contributed by atoms with Crippen LogP contribution >= 0.6 is 0 Å². The number of halogens is 2. The monoisotopic (exact) mass is 341 g/mol. The molecule has 0 bridgehead atoms. The molecule has 0 spiro atoms. The van der Waals surface area contributed by atoms with Crippen LogP contribution in [0.2, 0.25) is 0 Å². The van der Waals surface area contributed by atoms with Crippen molar-refractivity contribution in [3.63, 3.8) is 0 Å². The average molecular weight is 341 g/mol. The summed E-state index contributed by atoms with van der Waals surface area (Å²) in [6.07, 6.45) is 4.57. The molecule has 0 atom stereocenters. The number of pyridine rings is 1. The Morgan fingerprint density at radius 3 is 2.60 bits per heavy atom. The van der Waals surface area contributed by atoms with E-state index in [0.717, 1.165) is 17.7 Å². The highest BCUT2D eigenvalue weighted by molar-refractivity contribution is 6.03. The SMILES string of the molecule is O=C(Nc1ccc(F)cc1F)c1cc(NCc2ccncc2)ncn1. The van der Waals surface area contributed by atoms with E-state index in [9.17, 15) is 13.6 Å². The molecule has 2 N–H and O–H groups in total. The number of amides is 1. The van der Waals surface area contributed by atoms with Crippen molar-refractivity contribution in [3.8, 4) is 0 Å². The third-order valence-electron chi connectivity index (χ3n) is 3.30. The van der Waals surface area contributed by atoms with Gasteiger partial charge >= 0.3 is 0 Å². The van der Waals surface area contributed by atoms with Crippen molar-refractivity contribution in [2.75, 3.05) is 10.6 Å². The molecule has 0 aliphatic rings. The van der Waals surface area contributed by atoms with Crippen molar-refractivity contribution in [3.05, 3.63) is 78.0 Å². The molecule has 2 heterocycles. The molecule has 126 valence electrons. The quantitative estimate of drug-likeness (QED) is 0.746. The Morgan fingerprint density at radius 1 is 1.04 bits per heavy atom. The fourth-order valence-corrected chi connectivity index (χ4v) is 2.05. The van der Waals surface area contributed by atoms with Crippen LogP contribution in [0.3, 0.4) is 0 Å². The predicted octanol–water partition coefficient (Wildman–Crippen LogP) is 3.01. The van der Waals surface area contributed by atoms with Gasteiger partial charge in [-0.2, -0.15) is 0 Å². The van der Waals surface area contributed by atoms with Gasteiger partial charge in [0.15, 0.2) is 0 Å². The summed E-state index contributed by atoms with van der Waals surface area (Å²) in [4.78, 5) is 24.0. The Kier molecular flexibility index (Phi) is 4.89. The second-order valence-corrected chi connectivity index (χ2v) is 5.08. The number of hydrogen-bond donors (Lipinski definition) is 2. The normalized spacial score (nSPS) is 10.3. The molecule has 0 saturated carbocycles. The number of aromatic nitrogens is 3. The van der Waals surface area contributed by atoms with Crippen LogP contribution in [-0.4, -0.2) is 20.9 Å². The minimum Gasteiger partial charge on any atom is -0.366 e. The number of rotatable bonds is 5. The lowest BCUT2D eigenvalue weighted by atomic mass is 10.2. The first-order chi connectivity index (χ1) is 12.1. The van der Waals surface area contributed by atoms with Gasteiger partial charge in [-0.3, -0.25) is 9.78 Å². The lowest BCUT2D eigenvalue weighted by Gasteiger charge is -2.08. The largest absolute Gasteiger partial charge is 0.366 e. The lowest BCUT2D eigenvalue weighted by molar-refractivity contribution is 0.102. The van der Waals surface area contributed by atoms with Crippen LogP contribution in [-0.2, 0) is 6.54 Å². The zero-order chi connectivity index (χ0) is 17.6. The number of benzene rings is 1. The van der Waals surface area contributed by atoms with Gasteiger partial charge in [-0.25, -0.2) is 18.7 Å². The molecule has 0 unspecified atom stereocenters. The van der Waals surface area contributed by atoms with E-state index in [0.29, 0.717) is 18.4 Å².